The van der Waals surface area contributed by atoms with E-state index < -0.39 is 0 Å². The monoisotopic (exact) mass is 444 g/mol. The molecule has 160 valence electrons. The summed E-state index contributed by atoms with van der Waals surface area (Å²) in [5, 5.41) is 22.5. The molecule has 1 amide bonds. The number of aromatic hydroxyl groups is 1. The van der Waals surface area contributed by atoms with Gasteiger partial charge in [-0.1, -0.05) is 29.5 Å². The number of hydrazone groups is 1. The zero-order chi connectivity index (χ0) is 22.3. The minimum Gasteiger partial charge on any atom is -0.508 e. The summed E-state index contributed by atoms with van der Waals surface area (Å²) in [6, 6.07) is 18.3. The lowest BCUT2D eigenvalue weighted by Crippen LogP contribution is -2.20. The largest absolute Gasteiger partial charge is 0.508 e. The Balaban J connectivity index is 1.49. The number of nitrogens with one attached hydrogen (secondary N) is 1. The highest BCUT2D eigenvalue weighted by Gasteiger charge is 2.17. The maximum Gasteiger partial charge on any atom is 0.250 e. The van der Waals surface area contributed by atoms with Crippen LogP contribution in [0.2, 0.25) is 0 Å². The number of nitrogens with zero attached hydrogens (tertiary/aromatic N) is 5. The predicted octanol–water partition coefficient (Wildman–Crippen LogP) is 3.59. The van der Waals surface area contributed by atoms with E-state index in [0.717, 1.165) is 22.4 Å². The summed E-state index contributed by atoms with van der Waals surface area (Å²) in [4.78, 5) is 16.3. The molecule has 2 aromatic carbocycles. The van der Waals surface area contributed by atoms with Crippen molar-refractivity contribution in [2.75, 3.05) is 5.75 Å². The van der Waals surface area contributed by atoms with Crippen LogP contribution in [0.3, 0.4) is 0 Å². The van der Waals surface area contributed by atoms with Crippen molar-refractivity contribution in [2.45, 2.75) is 12.1 Å². The lowest BCUT2D eigenvalue weighted by Gasteiger charge is -2.10. The number of pyridine rings is 1. The van der Waals surface area contributed by atoms with Gasteiger partial charge in [0.1, 0.15) is 5.75 Å². The van der Waals surface area contributed by atoms with Crippen LogP contribution in [0.1, 0.15) is 11.1 Å². The highest BCUT2D eigenvalue weighted by Crippen LogP contribution is 2.27. The lowest BCUT2D eigenvalue weighted by atomic mass is 10.2. The second kappa shape index (κ2) is 9.88. The van der Waals surface area contributed by atoms with Gasteiger partial charge in [-0.15, -0.1) is 10.2 Å². The van der Waals surface area contributed by atoms with E-state index in [2.05, 4.69) is 25.7 Å². The Hall–Kier alpha value is -3.98. The molecule has 4 aromatic rings. The summed E-state index contributed by atoms with van der Waals surface area (Å²) in [6.07, 6.45) is 4.92. The molecular weight excluding hydrogens is 424 g/mol. The number of aromatic nitrogens is 4. The molecule has 2 N–H and O–H groups in total. The maximum atomic E-state index is 12.3. The van der Waals surface area contributed by atoms with Crippen molar-refractivity contribution in [3.05, 3.63) is 84.2 Å². The molecule has 2 aromatic heterocycles. The van der Waals surface area contributed by atoms with E-state index in [-0.39, 0.29) is 17.4 Å². The molecule has 32 heavy (non-hydrogen) atoms. The molecule has 0 aliphatic rings. The second-order valence-electron chi connectivity index (χ2n) is 6.89. The number of aryl methyl sites for hydroxylation is 1. The number of rotatable bonds is 7. The van der Waals surface area contributed by atoms with E-state index in [4.69, 9.17) is 0 Å². The number of hydrogen-bond donors (Lipinski definition) is 2. The van der Waals surface area contributed by atoms with Crippen LogP contribution in [0.15, 0.2) is 83.3 Å². The summed E-state index contributed by atoms with van der Waals surface area (Å²) in [5.41, 5.74) is 6.19. The van der Waals surface area contributed by atoms with Gasteiger partial charge in [0.25, 0.3) is 5.91 Å². The average Bonchev–Trinajstić information content (AvgIpc) is 3.24. The Morgan fingerprint density at radius 3 is 2.50 bits per heavy atom. The number of carbonyl (C=O) groups excluding carboxylic acids is 1. The first-order valence-electron chi connectivity index (χ1n) is 9.77. The molecule has 9 heteroatoms. The third kappa shape index (κ3) is 5.19. The zero-order valence-electron chi connectivity index (χ0n) is 17.2. The highest BCUT2D eigenvalue weighted by atomic mass is 32.2. The molecule has 2 heterocycles. The van der Waals surface area contributed by atoms with Gasteiger partial charge in [-0.25, -0.2) is 5.43 Å². The van der Waals surface area contributed by atoms with Gasteiger partial charge in [0, 0.05) is 23.6 Å². The summed E-state index contributed by atoms with van der Waals surface area (Å²) in [7, 11) is 0. The first kappa shape index (κ1) is 21.3. The quantitative estimate of drug-likeness (QED) is 0.256. The molecular formula is C23H20N6O2S. The van der Waals surface area contributed by atoms with Crippen LogP contribution in [0.5, 0.6) is 5.75 Å². The number of hydrogen-bond acceptors (Lipinski definition) is 7. The minimum atomic E-state index is -0.269. The predicted molar refractivity (Wildman–Crippen MR) is 124 cm³/mol. The summed E-state index contributed by atoms with van der Waals surface area (Å²) >= 11 is 1.27. The summed E-state index contributed by atoms with van der Waals surface area (Å²) in [6.45, 7) is 2.03. The molecule has 0 saturated carbocycles. The number of benzene rings is 2. The van der Waals surface area contributed by atoms with E-state index in [1.54, 1.807) is 36.7 Å². The van der Waals surface area contributed by atoms with Gasteiger partial charge in [-0.05, 0) is 61.0 Å². The molecule has 0 bridgehead atoms. The molecule has 0 atom stereocenters. The fourth-order valence-corrected chi connectivity index (χ4v) is 3.62. The standard InChI is InChI=1S/C23H20N6O2S/c1-16-2-6-19(7-3-16)29-22(18-10-12-24-13-11-18)27-28-23(29)32-15-21(31)26-25-14-17-4-8-20(30)9-5-17/h2-14,30H,15H2,1H3,(H,26,31)/b25-14+. The van der Waals surface area contributed by atoms with Gasteiger partial charge in [0.2, 0.25) is 0 Å². The van der Waals surface area contributed by atoms with Gasteiger partial charge >= 0.3 is 0 Å². The number of thioether (sulfide) groups is 1. The SMILES string of the molecule is Cc1ccc(-n2c(SCC(=O)N/N=C/c3ccc(O)cc3)nnc2-c2ccncc2)cc1. The molecule has 0 saturated heterocycles. The summed E-state index contributed by atoms with van der Waals surface area (Å²) < 4.78 is 1.92. The maximum absolute atomic E-state index is 12.3. The first-order valence-corrected chi connectivity index (χ1v) is 10.8. The fraction of sp³-hybridized carbons (Fsp3) is 0.0870. The fourth-order valence-electron chi connectivity index (χ4n) is 2.88. The van der Waals surface area contributed by atoms with Crippen LogP contribution in [-0.2, 0) is 4.79 Å². The average molecular weight is 445 g/mol. The Bertz CT molecular complexity index is 1220. The molecule has 0 aliphatic heterocycles. The zero-order valence-corrected chi connectivity index (χ0v) is 18.0. The van der Waals surface area contributed by atoms with Gasteiger partial charge in [0.15, 0.2) is 11.0 Å². The van der Waals surface area contributed by atoms with E-state index in [1.807, 2.05) is 47.9 Å². The molecule has 0 fully saturated rings. The van der Waals surface area contributed by atoms with Crippen LogP contribution in [-0.4, -0.2) is 42.7 Å². The van der Waals surface area contributed by atoms with E-state index >= 15 is 0 Å². The van der Waals surface area contributed by atoms with Crippen molar-refractivity contribution in [3.8, 4) is 22.8 Å². The number of phenols is 1. The molecule has 0 aliphatic carbocycles. The van der Waals surface area contributed by atoms with Crippen molar-refractivity contribution < 1.29 is 9.90 Å². The van der Waals surface area contributed by atoms with Crippen LogP contribution in [0, 0.1) is 6.92 Å². The Kier molecular flexibility index (Phi) is 6.57. The molecule has 0 spiro atoms. The molecule has 0 radical (unpaired) electrons. The van der Waals surface area contributed by atoms with Crippen LogP contribution in [0.4, 0.5) is 0 Å². The van der Waals surface area contributed by atoms with Crippen molar-refractivity contribution in [1.29, 1.82) is 0 Å². The number of amides is 1. The van der Waals surface area contributed by atoms with E-state index in [1.165, 1.54) is 18.0 Å². The van der Waals surface area contributed by atoms with Gasteiger partial charge < -0.3 is 5.11 Å². The molecule has 0 unspecified atom stereocenters. The Morgan fingerprint density at radius 1 is 1.06 bits per heavy atom. The first-order chi connectivity index (χ1) is 15.6. The third-order valence-electron chi connectivity index (χ3n) is 4.49. The smallest absolute Gasteiger partial charge is 0.250 e. The minimum absolute atomic E-state index is 0.118. The van der Waals surface area contributed by atoms with Crippen molar-refractivity contribution >= 4 is 23.9 Å². The van der Waals surface area contributed by atoms with E-state index in [0.29, 0.717) is 11.0 Å². The van der Waals surface area contributed by atoms with Crippen LogP contribution >= 0.6 is 11.8 Å². The van der Waals surface area contributed by atoms with Gasteiger partial charge in [0.05, 0.1) is 12.0 Å². The van der Waals surface area contributed by atoms with Crippen molar-refractivity contribution in [3.63, 3.8) is 0 Å². The summed E-state index contributed by atoms with van der Waals surface area (Å²) in [5.74, 6) is 0.692. The number of carbonyl (C=O) groups is 1. The van der Waals surface area contributed by atoms with Gasteiger partial charge in [-0.3, -0.25) is 14.3 Å². The Labute approximate surface area is 189 Å². The highest BCUT2D eigenvalue weighted by molar-refractivity contribution is 7.99. The van der Waals surface area contributed by atoms with Crippen molar-refractivity contribution in [1.82, 2.24) is 25.2 Å². The van der Waals surface area contributed by atoms with Crippen molar-refractivity contribution in [2.24, 2.45) is 5.10 Å². The van der Waals surface area contributed by atoms with Crippen LogP contribution in [0.25, 0.3) is 17.1 Å². The second-order valence-corrected chi connectivity index (χ2v) is 7.83. The lowest BCUT2D eigenvalue weighted by molar-refractivity contribution is -0.118. The normalized spacial score (nSPS) is 11.0. The molecule has 8 nitrogen and oxygen atoms in total. The number of phenolic OH excluding ortho intramolecular Hbond substituents is 1. The third-order valence-corrected chi connectivity index (χ3v) is 5.42. The van der Waals surface area contributed by atoms with E-state index in [9.17, 15) is 9.90 Å². The Morgan fingerprint density at radius 2 is 1.78 bits per heavy atom. The topological polar surface area (TPSA) is 105 Å². The van der Waals surface area contributed by atoms with Gasteiger partial charge in [-0.2, -0.15) is 5.10 Å². The van der Waals surface area contributed by atoms with Crippen LogP contribution < -0.4 is 5.43 Å². The molecule has 4 rings (SSSR count).